The molecule has 36 heavy (non-hydrogen) atoms. The Morgan fingerprint density at radius 3 is 1.86 bits per heavy atom. The summed E-state index contributed by atoms with van der Waals surface area (Å²) in [6.45, 7) is 6.01. The number of aromatic nitrogens is 1. The molecular formula is C24H30N4O8. The fourth-order valence-corrected chi connectivity index (χ4v) is 2.55. The van der Waals surface area contributed by atoms with Crippen LogP contribution in [0.1, 0.15) is 27.7 Å². The van der Waals surface area contributed by atoms with Crippen molar-refractivity contribution in [2.45, 2.75) is 39.9 Å². The van der Waals surface area contributed by atoms with Gasteiger partial charge in [0.2, 0.25) is 5.91 Å². The van der Waals surface area contributed by atoms with Gasteiger partial charge in [-0.25, -0.2) is 9.59 Å². The molecule has 0 radical (unpaired) electrons. The molecule has 2 rings (SSSR count). The van der Waals surface area contributed by atoms with Gasteiger partial charge in [0.05, 0.1) is 18.5 Å². The van der Waals surface area contributed by atoms with Crippen LogP contribution in [-0.4, -0.2) is 65.9 Å². The topological polar surface area (TPSA) is 159 Å². The van der Waals surface area contributed by atoms with Crippen molar-refractivity contribution in [1.29, 1.82) is 5.41 Å². The Kier molecular flexibility index (Phi) is 12.7. The van der Waals surface area contributed by atoms with Crippen LogP contribution in [0.15, 0.2) is 54.9 Å². The van der Waals surface area contributed by atoms with Gasteiger partial charge in [-0.05, 0) is 52.0 Å². The zero-order valence-corrected chi connectivity index (χ0v) is 20.5. The Balaban J connectivity index is 0.000000426. The minimum atomic E-state index is -1.10. The average Bonchev–Trinajstić information content (AvgIpc) is 2.81. The van der Waals surface area contributed by atoms with Gasteiger partial charge in [0, 0.05) is 23.8 Å². The van der Waals surface area contributed by atoms with Crippen molar-refractivity contribution in [1.82, 2.24) is 4.98 Å². The van der Waals surface area contributed by atoms with Gasteiger partial charge in [0.1, 0.15) is 13.1 Å². The number of carboxylic acid groups (broad SMARTS) is 1. The number of carbonyl (C=O) groups is 4. The zero-order chi connectivity index (χ0) is 27.1. The van der Waals surface area contributed by atoms with E-state index >= 15 is 0 Å². The molecule has 1 heterocycles. The molecule has 0 aliphatic heterocycles. The highest BCUT2D eigenvalue weighted by molar-refractivity contribution is 6.02. The number of amides is 1. The maximum atomic E-state index is 12.5. The van der Waals surface area contributed by atoms with E-state index in [-0.39, 0.29) is 18.8 Å². The molecule has 0 saturated heterocycles. The summed E-state index contributed by atoms with van der Waals surface area (Å²) in [4.78, 5) is 51.5. The third kappa shape index (κ3) is 11.6. The first-order chi connectivity index (χ1) is 17.0. The minimum Gasteiger partial charge on any atom is -0.480 e. The standard InChI is InChI=1S/C16H16N4O3.C8H14O5/c17-12-19(13-6-8-18-9-7-13)10-15(21)20(11-16(22)23)14-4-2-1-3-5-14;1-5(2)11-7(9)13-8(10)12-6(3)4/h1-9,12,17H,10-11H2,(H,22,23);5-6H,1-4H3. The highest BCUT2D eigenvalue weighted by Gasteiger charge is 2.21. The lowest BCUT2D eigenvalue weighted by atomic mass is 10.2. The molecule has 1 amide bonds. The second kappa shape index (κ2) is 15.4. The van der Waals surface area contributed by atoms with Gasteiger partial charge < -0.3 is 24.2 Å². The normalized spacial score (nSPS) is 9.94. The highest BCUT2D eigenvalue weighted by atomic mass is 16.8. The monoisotopic (exact) mass is 502 g/mol. The lowest BCUT2D eigenvalue weighted by Gasteiger charge is -2.25. The van der Waals surface area contributed by atoms with E-state index in [1.807, 2.05) is 0 Å². The summed E-state index contributed by atoms with van der Waals surface area (Å²) >= 11 is 0. The van der Waals surface area contributed by atoms with Gasteiger partial charge in [-0.3, -0.25) is 24.9 Å². The number of aliphatic carboxylic acids is 1. The summed E-state index contributed by atoms with van der Waals surface area (Å²) in [5.41, 5.74) is 1.13. The smallest absolute Gasteiger partial charge is 0.480 e. The maximum absolute atomic E-state index is 12.5. The molecule has 0 spiro atoms. The van der Waals surface area contributed by atoms with E-state index in [2.05, 4.69) is 19.2 Å². The first-order valence-corrected chi connectivity index (χ1v) is 10.9. The number of nitrogens with one attached hydrogen (secondary N) is 1. The Hall–Kier alpha value is -4.48. The Bertz CT molecular complexity index is 980. The van der Waals surface area contributed by atoms with E-state index in [9.17, 15) is 19.2 Å². The molecule has 0 aliphatic rings. The largest absolute Gasteiger partial charge is 0.518 e. The van der Waals surface area contributed by atoms with E-state index < -0.39 is 30.7 Å². The van der Waals surface area contributed by atoms with Crippen molar-refractivity contribution >= 4 is 41.9 Å². The van der Waals surface area contributed by atoms with Crippen molar-refractivity contribution in [2.75, 3.05) is 22.9 Å². The zero-order valence-electron chi connectivity index (χ0n) is 20.5. The third-order valence-electron chi connectivity index (χ3n) is 3.95. The van der Waals surface area contributed by atoms with Gasteiger partial charge in [0.15, 0.2) is 0 Å². The van der Waals surface area contributed by atoms with E-state index in [4.69, 9.17) is 10.5 Å². The average molecular weight is 503 g/mol. The predicted octanol–water partition coefficient (Wildman–Crippen LogP) is 3.71. The Labute approximate surface area is 208 Å². The number of ether oxygens (including phenoxy) is 3. The molecule has 0 bridgehead atoms. The molecule has 0 unspecified atom stereocenters. The molecule has 0 saturated carbocycles. The minimum absolute atomic E-state index is 0.143. The van der Waals surface area contributed by atoms with Gasteiger partial charge in [-0.1, -0.05) is 18.2 Å². The van der Waals surface area contributed by atoms with Crippen LogP contribution in [0.4, 0.5) is 21.0 Å². The van der Waals surface area contributed by atoms with Gasteiger partial charge >= 0.3 is 18.3 Å². The molecule has 1 aromatic carbocycles. The fraction of sp³-hybridized carbons (Fsp3) is 0.333. The van der Waals surface area contributed by atoms with Crippen molar-refractivity contribution in [3.8, 4) is 0 Å². The van der Waals surface area contributed by atoms with Crippen LogP contribution in [0.25, 0.3) is 0 Å². The molecular weight excluding hydrogens is 472 g/mol. The summed E-state index contributed by atoms with van der Waals surface area (Å²) in [5, 5.41) is 16.5. The van der Waals surface area contributed by atoms with Gasteiger partial charge in [-0.2, -0.15) is 0 Å². The molecule has 2 N–H and O–H groups in total. The molecule has 0 aliphatic carbocycles. The summed E-state index contributed by atoms with van der Waals surface area (Å²) in [7, 11) is 0. The van der Waals surface area contributed by atoms with Crippen LogP contribution in [-0.2, 0) is 23.8 Å². The van der Waals surface area contributed by atoms with Gasteiger partial charge in [-0.15, -0.1) is 0 Å². The SMILES string of the molecule is CC(C)OC(=O)OC(=O)OC(C)C.N=CN(CC(=O)N(CC(=O)O)c1ccccc1)c1ccncc1. The highest BCUT2D eigenvalue weighted by Crippen LogP contribution is 2.15. The van der Waals surface area contributed by atoms with Crippen LogP contribution >= 0.6 is 0 Å². The second-order valence-electron chi connectivity index (χ2n) is 7.61. The van der Waals surface area contributed by atoms with E-state index in [1.54, 1.807) is 82.6 Å². The number of carboxylic acids is 1. The van der Waals surface area contributed by atoms with Crippen molar-refractivity contribution < 1.29 is 38.5 Å². The molecule has 0 fully saturated rings. The Morgan fingerprint density at radius 2 is 1.42 bits per heavy atom. The number of nitrogens with zero attached hydrogens (tertiary/aromatic N) is 3. The number of hydrogen-bond donors (Lipinski definition) is 2. The first kappa shape index (κ1) is 29.6. The number of carbonyl (C=O) groups excluding carboxylic acids is 3. The molecule has 12 heteroatoms. The second-order valence-corrected chi connectivity index (χ2v) is 7.61. The number of hydrogen-bond acceptors (Lipinski definition) is 9. The predicted molar refractivity (Wildman–Crippen MR) is 131 cm³/mol. The maximum Gasteiger partial charge on any atom is 0.518 e. The van der Waals surface area contributed by atoms with E-state index in [0.29, 0.717) is 11.4 Å². The summed E-state index contributed by atoms with van der Waals surface area (Å²) in [6.07, 6.45) is 1.42. The van der Waals surface area contributed by atoms with Crippen LogP contribution in [0.5, 0.6) is 0 Å². The molecule has 2 aromatic rings. The number of anilines is 2. The van der Waals surface area contributed by atoms with E-state index in [0.717, 1.165) is 6.34 Å². The van der Waals surface area contributed by atoms with Crippen LogP contribution in [0.3, 0.4) is 0 Å². The number of rotatable bonds is 9. The molecule has 0 atom stereocenters. The summed E-state index contributed by atoms with van der Waals surface area (Å²) < 4.78 is 13.2. The summed E-state index contributed by atoms with van der Waals surface area (Å²) in [6, 6.07) is 11.9. The number of benzene rings is 1. The molecule has 194 valence electrons. The van der Waals surface area contributed by atoms with Crippen molar-refractivity contribution in [2.24, 2.45) is 0 Å². The van der Waals surface area contributed by atoms with Gasteiger partial charge in [0.25, 0.3) is 0 Å². The Morgan fingerprint density at radius 1 is 0.889 bits per heavy atom. The van der Waals surface area contributed by atoms with Crippen molar-refractivity contribution in [3.05, 3.63) is 54.9 Å². The fourth-order valence-electron chi connectivity index (χ4n) is 2.55. The van der Waals surface area contributed by atoms with Crippen LogP contribution in [0, 0.1) is 5.41 Å². The number of para-hydroxylation sites is 1. The lowest BCUT2D eigenvalue weighted by Crippen LogP contribution is -2.42. The van der Waals surface area contributed by atoms with Crippen LogP contribution in [0.2, 0.25) is 0 Å². The lowest BCUT2D eigenvalue weighted by molar-refractivity contribution is -0.136. The summed E-state index contributed by atoms with van der Waals surface area (Å²) in [5.74, 6) is -1.52. The molecule has 1 aromatic heterocycles. The quantitative estimate of drug-likeness (QED) is 0.224. The first-order valence-electron chi connectivity index (χ1n) is 10.9. The van der Waals surface area contributed by atoms with Crippen LogP contribution < -0.4 is 9.80 Å². The number of pyridine rings is 1. The third-order valence-corrected chi connectivity index (χ3v) is 3.95. The molecule has 12 nitrogen and oxygen atoms in total. The van der Waals surface area contributed by atoms with Crippen molar-refractivity contribution in [3.63, 3.8) is 0 Å². The van der Waals surface area contributed by atoms with E-state index in [1.165, 1.54) is 9.80 Å².